The summed E-state index contributed by atoms with van der Waals surface area (Å²) in [4.78, 5) is 0.00618. The van der Waals surface area contributed by atoms with Crippen LogP contribution in [-0.4, -0.2) is 13.6 Å². The number of hydrogen-bond donors (Lipinski definition) is 2. The number of halogens is 1. The van der Waals surface area contributed by atoms with Gasteiger partial charge in [-0.25, -0.2) is 12.8 Å². The Morgan fingerprint density at radius 1 is 1.00 bits per heavy atom. The van der Waals surface area contributed by atoms with Crippen molar-refractivity contribution in [1.82, 2.24) is 5.16 Å². The van der Waals surface area contributed by atoms with Crippen LogP contribution in [0.1, 0.15) is 11.3 Å². The molecule has 6 nitrogen and oxygen atoms in total. The molecule has 0 unspecified atom stereocenters. The molecular weight excluding hydrogens is 345 g/mol. The lowest BCUT2D eigenvalue weighted by Gasteiger charge is -2.10. The van der Waals surface area contributed by atoms with Crippen molar-refractivity contribution >= 4 is 27.2 Å². The summed E-state index contributed by atoms with van der Waals surface area (Å²) in [6.45, 7) is 3.30. The summed E-state index contributed by atoms with van der Waals surface area (Å²) in [6.07, 6.45) is 0. The van der Waals surface area contributed by atoms with Gasteiger partial charge in [-0.2, -0.15) is 0 Å². The Morgan fingerprint density at radius 3 is 2.28 bits per heavy atom. The number of aryl methyl sites for hydroxylation is 2. The highest BCUT2D eigenvalue weighted by Gasteiger charge is 2.15. The molecule has 0 fully saturated rings. The van der Waals surface area contributed by atoms with E-state index in [4.69, 9.17) is 4.52 Å². The Labute approximate surface area is 144 Å². The van der Waals surface area contributed by atoms with Crippen LogP contribution in [0, 0.1) is 19.7 Å². The molecule has 2 aromatic carbocycles. The van der Waals surface area contributed by atoms with Gasteiger partial charge in [0.2, 0.25) is 0 Å². The largest absolute Gasteiger partial charge is 0.360 e. The second-order valence-corrected chi connectivity index (χ2v) is 7.22. The normalized spacial score (nSPS) is 11.3. The summed E-state index contributed by atoms with van der Waals surface area (Å²) in [6, 6.07) is 12.0. The van der Waals surface area contributed by atoms with Crippen LogP contribution in [-0.2, 0) is 10.0 Å². The zero-order valence-electron chi connectivity index (χ0n) is 13.6. The molecule has 0 aliphatic rings. The molecule has 3 rings (SSSR count). The predicted molar refractivity (Wildman–Crippen MR) is 92.9 cm³/mol. The van der Waals surface area contributed by atoms with E-state index < -0.39 is 15.8 Å². The lowest BCUT2D eigenvalue weighted by molar-refractivity contribution is 0.400. The lowest BCUT2D eigenvalue weighted by atomic mass is 10.2. The molecule has 0 saturated carbocycles. The molecule has 25 heavy (non-hydrogen) atoms. The van der Waals surface area contributed by atoms with Gasteiger partial charge in [0.25, 0.3) is 10.0 Å². The van der Waals surface area contributed by atoms with Crippen molar-refractivity contribution in [3.8, 4) is 0 Å². The predicted octanol–water partition coefficient (Wildman–Crippen LogP) is 3.97. The minimum absolute atomic E-state index is 0.00618. The Bertz CT molecular complexity index is 998. The van der Waals surface area contributed by atoms with Crippen molar-refractivity contribution in [2.75, 3.05) is 10.0 Å². The van der Waals surface area contributed by atoms with Gasteiger partial charge in [0, 0.05) is 17.4 Å². The third kappa shape index (κ3) is 3.97. The van der Waals surface area contributed by atoms with E-state index in [0.717, 1.165) is 11.8 Å². The smallest absolute Gasteiger partial charge is 0.261 e. The van der Waals surface area contributed by atoms with Gasteiger partial charge in [0.1, 0.15) is 11.6 Å². The third-order valence-corrected chi connectivity index (χ3v) is 4.86. The summed E-state index contributed by atoms with van der Waals surface area (Å²) in [5.74, 6) is 0.798. The van der Waals surface area contributed by atoms with Crippen LogP contribution in [0.3, 0.4) is 0 Å². The minimum Gasteiger partial charge on any atom is -0.360 e. The molecule has 1 heterocycles. The van der Waals surface area contributed by atoms with Gasteiger partial charge >= 0.3 is 0 Å². The first kappa shape index (κ1) is 17.0. The second kappa shape index (κ2) is 6.56. The van der Waals surface area contributed by atoms with Crippen molar-refractivity contribution in [1.29, 1.82) is 0 Å². The Morgan fingerprint density at radius 2 is 1.68 bits per heavy atom. The maximum atomic E-state index is 13.3. The van der Waals surface area contributed by atoms with Crippen molar-refractivity contribution in [2.45, 2.75) is 18.7 Å². The van der Waals surface area contributed by atoms with E-state index in [0.29, 0.717) is 17.3 Å². The van der Waals surface area contributed by atoms with E-state index in [1.165, 1.54) is 19.1 Å². The fraction of sp³-hybridized carbons (Fsp3) is 0.118. The molecule has 3 aromatic rings. The third-order valence-electron chi connectivity index (χ3n) is 3.48. The van der Waals surface area contributed by atoms with Crippen LogP contribution in [0.4, 0.5) is 21.6 Å². The van der Waals surface area contributed by atoms with Crippen LogP contribution in [0.25, 0.3) is 0 Å². The fourth-order valence-corrected chi connectivity index (χ4v) is 3.34. The van der Waals surface area contributed by atoms with E-state index in [9.17, 15) is 12.8 Å². The molecule has 0 aliphatic heterocycles. The molecule has 0 radical (unpaired) electrons. The van der Waals surface area contributed by atoms with E-state index in [2.05, 4.69) is 15.2 Å². The number of hydrogen-bond acceptors (Lipinski definition) is 5. The highest BCUT2D eigenvalue weighted by Crippen LogP contribution is 2.22. The number of nitrogens with one attached hydrogen (secondary N) is 2. The van der Waals surface area contributed by atoms with Gasteiger partial charge in [-0.15, -0.1) is 0 Å². The van der Waals surface area contributed by atoms with Gasteiger partial charge in [0.15, 0.2) is 5.82 Å². The number of anilines is 3. The average molecular weight is 361 g/mol. The summed E-state index contributed by atoms with van der Waals surface area (Å²) >= 11 is 0. The zero-order chi connectivity index (χ0) is 18.0. The molecular formula is C17H16FN3O3S. The summed E-state index contributed by atoms with van der Waals surface area (Å²) < 4.78 is 45.5. The van der Waals surface area contributed by atoms with Crippen molar-refractivity contribution in [2.24, 2.45) is 0 Å². The highest BCUT2D eigenvalue weighted by atomic mass is 32.2. The maximum Gasteiger partial charge on any atom is 0.261 e. The van der Waals surface area contributed by atoms with Gasteiger partial charge < -0.3 is 9.84 Å². The highest BCUT2D eigenvalue weighted by molar-refractivity contribution is 7.92. The molecule has 1 aromatic heterocycles. The van der Waals surface area contributed by atoms with Gasteiger partial charge in [-0.1, -0.05) is 5.16 Å². The van der Waals surface area contributed by atoms with E-state index >= 15 is 0 Å². The lowest BCUT2D eigenvalue weighted by Crippen LogP contribution is -2.13. The molecule has 0 spiro atoms. The average Bonchev–Trinajstić information content (AvgIpc) is 2.96. The van der Waals surface area contributed by atoms with Gasteiger partial charge in [-0.05, 0) is 61.9 Å². The maximum absolute atomic E-state index is 13.3. The summed E-state index contributed by atoms with van der Waals surface area (Å²) in [5.41, 5.74) is 1.39. The molecule has 0 amide bonds. The Kier molecular flexibility index (Phi) is 4.45. The van der Waals surface area contributed by atoms with Crippen molar-refractivity contribution in [3.63, 3.8) is 0 Å². The SMILES string of the molecule is Cc1cc(Nc2ccc(NS(=O)(=O)c3ccc(F)c(C)c3)cc2)no1. The first-order valence-corrected chi connectivity index (χ1v) is 8.91. The number of sulfonamides is 1. The van der Waals surface area contributed by atoms with E-state index in [-0.39, 0.29) is 10.5 Å². The summed E-state index contributed by atoms with van der Waals surface area (Å²) in [5, 5.41) is 6.86. The Balaban J connectivity index is 1.74. The number of rotatable bonds is 5. The fourth-order valence-electron chi connectivity index (χ4n) is 2.19. The minimum atomic E-state index is -3.79. The quantitative estimate of drug-likeness (QED) is 0.718. The molecule has 0 saturated heterocycles. The topological polar surface area (TPSA) is 84.2 Å². The second-order valence-electron chi connectivity index (χ2n) is 5.54. The number of aromatic nitrogens is 1. The van der Waals surface area contributed by atoms with E-state index in [1.807, 2.05) is 0 Å². The van der Waals surface area contributed by atoms with Crippen LogP contribution in [0.15, 0.2) is 57.9 Å². The van der Waals surface area contributed by atoms with Crippen LogP contribution in [0.2, 0.25) is 0 Å². The molecule has 0 aliphatic carbocycles. The van der Waals surface area contributed by atoms with Crippen LogP contribution < -0.4 is 10.0 Å². The molecule has 8 heteroatoms. The van der Waals surface area contributed by atoms with Crippen molar-refractivity contribution in [3.05, 3.63) is 65.7 Å². The monoisotopic (exact) mass is 361 g/mol. The van der Waals surface area contributed by atoms with Crippen molar-refractivity contribution < 1.29 is 17.3 Å². The molecule has 130 valence electrons. The van der Waals surface area contributed by atoms with Gasteiger partial charge in [-0.3, -0.25) is 4.72 Å². The zero-order valence-corrected chi connectivity index (χ0v) is 14.4. The van der Waals surface area contributed by atoms with Gasteiger partial charge in [0.05, 0.1) is 4.90 Å². The first-order chi connectivity index (χ1) is 11.8. The standard InChI is InChI=1S/C17H16FN3O3S/c1-11-9-15(7-8-16(11)18)25(22,23)21-14-5-3-13(4-6-14)19-17-10-12(2)24-20-17/h3-10,21H,1-2H3,(H,19,20). The summed E-state index contributed by atoms with van der Waals surface area (Å²) in [7, 11) is -3.79. The van der Waals surface area contributed by atoms with E-state index in [1.54, 1.807) is 37.3 Å². The molecule has 0 bridgehead atoms. The number of benzene rings is 2. The Hall–Kier alpha value is -2.87. The molecule has 0 atom stereocenters. The number of nitrogens with zero attached hydrogens (tertiary/aromatic N) is 1. The molecule has 2 N–H and O–H groups in total. The first-order valence-electron chi connectivity index (χ1n) is 7.43. The van der Waals surface area contributed by atoms with Crippen LogP contribution in [0.5, 0.6) is 0 Å². The van der Waals surface area contributed by atoms with Crippen LogP contribution >= 0.6 is 0 Å².